The van der Waals surface area contributed by atoms with E-state index in [1.165, 1.54) is 5.56 Å². The predicted octanol–water partition coefficient (Wildman–Crippen LogP) is 3.50. The Bertz CT molecular complexity index is 822. The molecule has 3 rings (SSSR count). The number of unbranched alkanes of at least 4 members (excludes halogenated alkanes) is 1. The van der Waals surface area contributed by atoms with Gasteiger partial charge in [0.15, 0.2) is 5.82 Å². The lowest BCUT2D eigenvalue weighted by molar-refractivity contribution is 0.341. The highest BCUT2D eigenvalue weighted by molar-refractivity contribution is 5.27. The maximum atomic E-state index is 5.85. The second kappa shape index (κ2) is 9.37. The molecule has 0 unspecified atom stereocenters. The number of hydrogen-bond acceptors (Lipinski definition) is 5. The molecule has 0 radical (unpaired) electrons. The fourth-order valence-electron chi connectivity index (χ4n) is 3.02. The van der Waals surface area contributed by atoms with Crippen LogP contribution in [0, 0.1) is 0 Å². The van der Waals surface area contributed by atoms with E-state index in [9.17, 15) is 0 Å². The number of aromatic nitrogens is 3. The number of nitrogens with one attached hydrogen (secondary N) is 1. The van der Waals surface area contributed by atoms with E-state index < -0.39 is 0 Å². The second-order valence-electron chi connectivity index (χ2n) is 7.13. The summed E-state index contributed by atoms with van der Waals surface area (Å²) < 4.78 is 7.67. The average molecular weight is 367 g/mol. The average Bonchev–Trinajstić information content (AvgIpc) is 3.21. The topological polar surface area (TPSA) is 59.1 Å². The molecule has 0 saturated heterocycles. The van der Waals surface area contributed by atoms with Crippen LogP contribution >= 0.6 is 0 Å². The Morgan fingerprint density at radius 2 is 1.81 bits per heavy atom. The molecule has 0 atom stereocenters. The Labute approximate surface area is 161 Å². The molecule has 0 spiro atoms. The molecule has 0 fully saturated rings. The summed E-state index contributed by atoms with van der Waals surface area (Å²) in [5.41, 5.74) is 1.22. The van der Waals surface area contributed by atoms with Crippen molar-refractivity contribution in [3.63, 3.8) is 0 Å². The van der Waals surface area contributed by atoms with Gasteiger partial charge in [0, 0.05) is 26.4 Å². The van der Waals surface area contributed by atoms with Gasteiger partial charge >= 0.3 is 0 Å². The molecule has 0 bridgehead atoms. The molecule has 1 aromatic carbocycles. The van der Waals surface area contributed by atoms with Gasteiger partial charge in [0.1, 0.15) is 11.5 Å². The summed E-state index contributed by atoms with van der Waals surface area (Å²) in [7, 11) is 6.02. The largest absolute Gasteiger partial charge is 0.465 e. The van der Waals surface area contributed by atoms with Gasteiger partial charge in [-0.1, -0.05) is 30.3 Å². The van der Waals surface area contributed by atoms with E-state index >= 15 is 0 Å². The molecule has 0 aliphatic rings. The molecule has 0 amide bonds. The second-order valence-corrected chi connectivity index (χ2v) is 7.13. The maximum Gasteiger partial charge on any atom is 0.221 e. The zero-order valence-corrected chi connectivity index (χ0v) is 16.5. The molecule has 2 aromatic heterocycles. The highest BCUT2D eigenvalue weighted by atomic mass is 16.3. The maximum absolute atomic E-state index is 5.85. The normalized spacial score (nSPS) is 11.3. The molecule has 0 aliphatic carbocycles. The first-order valence-corrected chi connectivity index (χ1v) is 9.50. The van der Waals surface area contributed by atoms with Crippen molar-refractivity contribution in [1.82, 2.24) is 19.7 Å². The van der Waals surface area contributed by atoms with Crippen LogP contribution in [0.15, 0.2) is 46.9 Å². The smallest absolute Gasteiger partial charge is 0.221 e. The summed E-state index contributed by atoms with van der Waals surface area (Å²) in [6, 6.07) is 14.5. The molecule has 27 heavy (non-hydrogen) atoms. The molecule has 0 aliphatic heterocycles. The van der Waals surface area contributed by atoms with Gasteiger partial charge in [-0.2, -0.15) is 10.1 Å². The van der Waals surface area contributed by atoms with Crippen LogP contribution in [-0.2, 0) is 26.4 Å². The lowest BCUT2D eigenvalue weighted by Crippen LogP contribution is -2.09. The van der Waals surface area contributed by atoms with E-state index in [0.717, 1.165) is 62.1 Å². The van der Waals surface area contributed by atoms with Crippen molar-refractivity contribution in [2.75, 3.05) is 26.0 Å². The molecule has 6 heteroatoms. The van der Waals surface area contributed by atoms with Crippen LogP contribution in [0.5, 0.6) is 0 Å². The first kappa shape index (κ1) is 19.2. The summed E-state index contributed by atoms with van der Waals surface area (Å²) in [6.07, 6.45) is 3.86. The minimum Gasteiger partial charge on any atom is -0.465 e. The lowest BCUT2D eigenvalue weighted by Gasteiger charge is -2.06. The van der Waals surface area contributed by atoms with Gasteiger partial charge in [-0.25, -0.2) is 4.68 Å². The highest BCUT2D eigenvalue weighted by Crippen LogP contribution is 2.13. The van der Waals surface area contributed by atoms with Crippen LogP contribution in [0.4, 0.5) is 5.95 Å². The first-order valence-electron chi connectivity index (χ1n) is 9.50. The SMILES string of the molecule is CN(C)Cc1ccc(CCCCNc2nc(Cc3ccccc3)nn2C)o1. The number of anilines is 1. The van der Waals surface area contributed by atoms with Crippen LogP contribution in [0.1, 0.15) is 35.7 Å². The third-order valence-electron chi connectivity index (χ3n) is 4.33. The molecule has 144 valence electrons. The minimum atomic E-state index is 0.754. The van der Waals surface area contributed by atoms with Gasteiger partial charge in [-0.15, -0.1) is 0 Å². The summed E-state index contributed by atoms with van der Waals surface area (Å²) in [6.45, 7) is 1.72. The summed E-state index contributed by atoms with van der Waals surface area (Å²) in [5.74, 6) is 3.76. The van der Waals surface area contributed by atoms with E-state index in [1.807, 2.05) is 44.0 Å². The van der Waals surface area contributed by atoms with Crippen molar-refractivity contribution in [2.24, 2.45) is 7.05 Å². The van der Waals surface area contributed by atoms with Crippen molar-refractivity contribution >= 4 is 5.95 Å². The van der Waals surface area contributed by atoms with Crippen LogP contribution in [0.2, 0.25) is 0 Å². The van der Waals surface area contributed by atoms with Gasteiger partial charge in [0.05, 0.1) is 6.54 Å². The van der Waals surface area contributed by atoms with Gasteiger partial charge < -0.3 is 14.6 Å². The molecular weight excluding hydrogens is 338 g/mol. The van der Waals surface area contributed by atoms with Crippen LogP contribution in [0.25, 0.3) is 0 Å². The van der Waals surface area contributed by atoms with Crippen LogP contribution in [0.3, 0.4) is 0 Å². The highest BCUT2D eigenvalue weighted by Gasteiger charge is 2.08. The number of hydrogen-bond donors (Lipinski definition) is 1. The summed E-state index contributed by atoms with van der Waals surface area (Å²) in [4.78, 5) is 6.72. The van der Waals surface area contributed by atoms with Gasteiger partial charge in [-0.3, -0.25) is 0 Å². The van der Waals surface area contributed by atoms with Gasteiger partial charge in [-0.05, 0) is 44.6 Å². The number of nitrogens with zero attached hydrogens (tertiary/aromatic N) is 4. The molecular formula is C21H29N5O. The quantitative estimate of drug-likeness (QED) is 0.556. The molecule has 2 heterocycles. The molecule has 1 N–H and O–H groups in total. The van der Waals surface area contributed by atoms with E-state index in [4.69, 9.17) is 4.42 Å². The van der Waals surface area contributed by atoms with Crippen molar-refractivity contribution < 1.29 is 4.42 Å². The Hall–Kier alpha value is -2.60. The fraction of sp³-hybridized carbons (Fsp3) is 0.429. The monoisotopic (exact) mass is 367 g/mol. The van der Waals surface area contributed by atoms with Gasteiger partial charge in [0.25, 0.3) is 0 Å². The minimum absolute atomic E-state index is 0.754. The van der Waals surface area contributed by atoms with E-state index in [0.29, 0.717) is 0 Å². The molecule has 6 nitrogen and oxygen atoms in total. The third-order valence-corrected chi connectivity index (χ3v) is 4.33. The summed E-state index contributed by atoms with van der Waals surface area (Å²) >= 11 is 0. The van der Waals surface area contributed by atoms with Crippen molar-refractivity contribution in [2.45, 2.75) is 32.2 Å². The van der Waals surface area contributed by atoms with E-state index in [1.54, 1.807) is 0 Å². The zero-order chi connectivity index (χ0) is 19.1. The van der Waals surface area contributed by atoms with E-state index in [-0.39, 0.29) is 0 Å². The van der Waals surface area contributed by atoms with E-state index in [2.05, 4.69) is 44.6 Å². The number of benzene rings is 1. The molecule has 0 saturated carbocycles. The number of rotatable bonds is 10. The Morgan fingerprint density at radius 1 is 1.04 bits per heavy atom. The van der Waals surface area contributed by atoms with Crippen LogP contribution in [-0.4, -0.2) is 40.3 Å². The van der Waals surface area contributed by atoms with Crippen molar-refractivity contribution in [1.29, 1.82) is 0 Å². The number of aryl methyl sites for hydroxylation is 2. The molecule has 3 aromatic rings. The standard InChI is InChI=1S/C21H29N5O/c1-25(2)16-19-13-12-18(27-19)11-7-8-14-22-21-23-20(24-26(21)3)15-17-9-5-4-6-10-17/h4-6,9-10,12-13H,7-8,11,14-16H2,1-3H3,(H,22,23,24). The third kappa shape index (κ3) is 5.96. The van der Waals surface area contributed by atoms with Gasteiger partial charge in [0.2, 0.25) is 5.95 Å². The van der Waals surface area contributed by atoms with Crippen molar-refractivity contribution in [3.05, 3.63) is 65.4 Å². The first-order chi connectivity index (χ1) is 13.1. The lowest BCUT2D eigenvalue weighted by atomic mass is 10.1. The fourth-order valence-corrected chi connectivity index (χ4v) is 3.02. The van der Waals surface area contributed by atoms with Crippen molar-refractivity contribution in [3.8, 4) is 0 Å². The predicted molar refractivity (Wildman–Crippen MR) is 108 cm³/mol. The zero-order valence-electron chi connectivity index (χ0n) is 16.5. The Kier molecular flexibility index (Phi) is 6.65. The van der Waals surface area contributed by atoms with Crippen LogP contribution < -0.4 is 5.32 Å². The Morgan fingerprint density at radius 3 is 2.59 bits per heavy atom. The summed E-state index contributed by atoms with van der Waals surface area (Å²) in [5, 5.41) is 7.89. The Balaban J connectivity index is 1.39. The number of furan rings is 1.